The molecule has 1 N–H and O–H groups in total. The molecule has 23 heavy (non-hydrogen) atoms. The van der Waals surface area contributed by atoms with Crippen LogP contribution >= 0.6 is 11.3 Å². The predicted octanol–water partition coefficient (Wildman–Crippen LogP) is 2.12. The normalized spacial score (nSPS) is 17.5. The lowest BCUT2D eigenvalue weighted by Crippen LogP contribution is -2.32. The summed E-state index contributed by atoms with van der Waals surface area (Å²) < 4.78 is 0. The van der Waals surface area contributed by atoms with E-state index >= 15 is 0 Å². The van der Waals surface area contributed by atoms with Gasteiger partial charge in [-0.2, -0.15) is 0 Å². The summed E-state index contributed by atoms with van der Waals surface area (Å²) in [6.07, 6.45) is 1.99. The SMILES string of the molecule is Cc1ccsc1CNC(=O)[C@@H]1CC(=O)N(Cc2ccccn2)C1. The van der Waals surface area contributed by atoms with Gasteiger partial charge in [0.2, 0.25) is 11.8 Å². The maximum Gasteiger partial charge on any atom is 0.225 e. The first-order valence-electron chi connectivity index (χ1n) is 7.62. The van der Waals surface area contributed by atoms with Gasteiger partial charge in [0.25, 0.3) is 0 Å². The van der Waals surface area contributed by atoms with E-state index < -0.39 is 0 Å². The van der Waals surface area contributed by atoms with Crippen LogP contribution in [0.4, 0.5) is 0 Å². The zero-order chi connectivity index (χ0) is 16.2. The molecule has 0 aliphatic carbocycles. The Hall–Kier alpha value is -2.21. The van der Waals surface area contributed by atoms with Crippen molar-refractivity contribution in [1.29, 1.82) is 0 Å². The molecule has 1 atom stereocenters. The zero-order valence-electron chi connectivity index (χ0n) is 13.0. The quantitative estimate of drug-likeness (QED) is 0.914. The second-order valence-corrected chi connectivity index (χ2v) is 6.74. The summed E-state index contributed by atoms with van der Waals surface area (Å²) in [6.45, 7) is 3.50. The van der Waals surface area contributed by atoms with E-state index in [4.69, 9.17) is 0 Å². The van der Waals surface area contributed by atoms with E-state index in [0.29, 0.717) is 19.6 Å². The van der Waals surface area contributed by atoms with Crippen molar-refractivity contribution in [3.8, 4) is 0 Å². The third kappa shape index (κ3) is 3.76. The lowest BCUT2D eigenvalue weighted by atomic mass is 10.1. The highest BCUT2D eigenvalue weighted by Crippen LogP contribution is 2.21. The van der Waals surface area contributed by atoms with Crippen molar-refractivity contribution in [2.45, 2.75) is 26.4 Å². The number of pyridine rings is 1. The highest BCUT2D eigenvalue weighted by atomic mass is 32.1. The topological polar surface area (TPSA) is 62.3 Å². The molecule has 0 aromatic carbocycles. The standard InChI is InChI=1S/C17H19N3O2S/c1-12-5-7-23-15(12)9-19-17(22)13-8-16(21)20(10-13)11-14-4-2-3-6-18-14/h2-7,13H,8-11H2,1H3,(H,19,22)/t13-/m1/s1. The Morgan fingerprint density at radius 1 is 1.43 bits per heavy atom. The minimum atomic E-state index is -0.272. The van der Waals surface area contributed by atoms with Crippen molar-refractivity contribution >= 4 is 23.2 Å². The molecule has 120 valence electrons. The van der Waals surface area contributed by atoms with Crippen LogP contribution in [0.25, 0.3) is 0 Å². The number of nitrogens with one attached hydrogen (secondary N) is 1. The monoisotopic (exact) mass is 329 g/mol. The molecule has 0 radical (unpaired) electrons. The van der Waals surface area contributed by atoms with Crippen LogP contribution in [0, 0.1) is 12.8 Å². The fraction of sp³-hybridized carbons (Fsp3) is 0.353. The summed E-state index contributed by atoms with van der Waals surface area (Å²) in [5.41, 5.74) is 2.03. The van der Waals surface area contributed by atoms with Crippen molar-refractivity contribution in [1.82, 2.24) is 15.2 Å². The van der Waals surface area contributed by atoms with Gasteiger partial charge >= 0.3 is 0 Å². The number of carbonyl (C=O) groups excluding carboxylic acids is 2. The Kier molecular flexibility index (Phi) is 4.71. The highest BCUT2D eigenvalue weighted by Gasteiger charge is 2.34. The van der Waals surface area contributed by atoms with Gasteiger partial charge in [-0.15, -0.1) is 11.3 Å². The van der Waals surface area contributed by atoms with Crippen LogP contribution in [0.1, 0.15) is 22.6 Å². The van der Waals surface area contributed by atoms with Crippen LogP contribution in [0.15, 0.2) is 35.8 Å². The number of hydrogen-bond acceptors (Lipinski definition) is 4. The number of hydrogen-bond donors (Lipinski definition) is 1. The zero-order valence-corrected chi connectivity index (χ0v) is 13.8. The van der Waals surface area contributed by atoms with Gasteiger partial charge in [-0.1, -0.05) is 6.07 Å². The van der Waals surface area contributed by atoms with Crippen LogP contribution in [0.3, 0.4) is 0 Å². The first-order valence-corrected chi connectivity index (χ1v) is 8.50. The fourth-order valence-corrected chi connectivity index (χ4v) is 3.53. The van der Waals surface area contributed by atoms with Crippen molar-refractivity contribution in [2.75, 3.05) is 6.54 Å². The number of likely N-dealkylation sites (tertiary alicyclic amines) is 1. The average Bonchev–Trinajstić information content (AvgIpc) is 3.12. The summed E-state index contributed by atoms with van der Waals surface area (Å²) in [4.78, 5) is 31.5. The molecule has 3 rings (SSSR count). The lowest BCUT2D eigenvalue weighted by Gasteiger charge is -2.16. The minimum Gasteiger partial charge on any atom is -0.351 e. The molecule has 3 heterocycles. The van der Waals surface area contributed by atoms with Crippen LogP contribution < -0.4 is 5.32 Å². The molecule has 5 nitrogen and oxygen atoms in total. The molecular formula is C17H19N3O2S. The van der Waals surface area contributed by atoms with E-state index in [2.05, 4.69) is 10.3 Å². The molecule has 0 saturated carbocycles. The number of aryl methyl sites for hydroxylation is 1. The third-order valence-corrected chi connectivity index (χ3v) is 5.08. The molecule has 1 aliphatic rings. The van der Waals surface area contributed by atoms with Crippen LogP contribution in [-0.2, 0) is 22.7 Å². The Balaban J connectivity index is 1.54. The summed E-state index contributed by atoms with van der Waals surface area (Å²) in [5, 5.41) is 4.97. The maximum absolute atomic E-state index is 12.3. The Morgan fingerprint density at radius 2 is 2.30 bits per heavy atom. The number of thiophene rings is 1. The van der Waals surface area contributed by atoms with Gasteiger partial charge in [0.15, 0.2) is 0 Å². The molecular weight excluding hydrogens is 310 g/mol. The molecule has 2 amide bonds. The second kappa shape index (κ2) is 6.91. The molecule has 1 fully saturated rings. The van der Waals surface area contributed by atoms with E-state index in [9.17, 15) is 9.59 Å². The molecule has 6 heteroatoms. The lowest BCUT2D eigenvalue weighted by molar-refractivity contribution is -0.129. The maximum atomic E-state index is 12.3. The van der Waals surface area contributed by atoms with E-state index in [-0.39, 0.29) is 24.2 Å². The van der Waals surface area contributed by atoms with Gasteiger partial charge in [-0.3, -0.25) is 14.6 Å². The molecule has 1 saturated heterocycles. The second-order valence-electron chi connectivity index (χ2n) is 5.74. The minimum absolute atomic E-state index is 0.0168. The van der Waals surface area contributed by atoms with Crippen LogP contribution in [-0.4, -0.2) is 28.2 Å². The van der Waals surface area contributed by atoms with Crippen molar-refractivity contribution in [3.63, 3.8) is 0 Å². The first kappa shape index (κ1) is 15.7. The smallest absolute Gasteiger partial charge is 0.225 e. The molecule has 1 aliphatic heterocycles. The van der Waals surface area contributed by atoms with Crippen LogP contribution in [0.5, 0.6) is 0 Å². The van der Waals surface area contributed by atoms with E-state index in [0.717, 1.165) is 10.6 Å². The van der Waals surface area contributed by atoms with Gasteiger partial charge in [0.05, 0.1) is 24.7 Å². The van der Waals surface area contributed by atoms with Crippen molar-refractivity contribution in [3.05, 3.63) is 52.0 Å². The predicted molar refractivity (Wildman–Crippen MR) is 88.7 cm³/mol. The van der Waals surface area contributed by atoms with Gasteiger partial charge in [0.1, 0.15) is 0 Å². The van der Waals surface area contributed by atoms with E-state index in [1.54, 1.807) is 22.4 Å². The molecule has 0 spiro atoms. The Bertz CT molecular complexity index is 699. The van der Waals surface area contributed by atoms with Gasteiger partial charge in [-0.05, 0) is 36.1 Å². The van der Waals surface area contributed by atoms with Crippen molar-refractivity contribution < 1.29 is 9.59 Å². The highest BCUT2D eigenvalue weighted by molar-refractivity contribution is 7.10. The number of amides is 2. The summed E-state index contributed by atoms with van der Waals surface area (Å²) in [5.74, 6) is -0.302. The number of carbonyl (C=O) groups is 2. The molecule has 2 aromatic heterocycles. The first-order chi connectivity index (χ1) is 11.1. The van der Waals surface area contributed by atoms with Gasteiger partial charge < -0.3 is 10.2 Å². The summed E-state index contributed by atoms with van der Waals surface area (Å²) in [6, 6.07) is 7.68. The fourth-order valence-electron chi connectivity index (χ4n) is 2.68. The number of rotatable bonds is 5. The Morgan fingerprint density at radius 3 is 3.00 bits per heavy atom. The van der Waals surface area contributed by atoms with E-state index in [1.165, 1.54) is 5.56 Å². The van der Waals surface area contributed by atoms with Crippen LogP contribution in [0.2, 0.25) is 0 Å². The summed E-state index contributed by atoms with van der Waals surface area (Å²) in [7, 11) is 0. The summed E-state index contributed by atoms with van der Waals surface area (Å²) >= 11 is 1.64. The molecule has 0 unspecified atom stereocenters. The molecule has 2 aromatic rings. The van der Waals surface area contributed by atoms with Crippen molar-refractivity contribution in [2.24, 2.45) is 5.92 Å². The largest absolute Gasteiger partial charge is 0.351 e. The molecule has 0 bridgehead atoms. The van der Waals surface area contributed by atoms with E-state index in [1.807, 2.05) is 36.6 Å². The number of nitrogens with zero attached hydrogens (tertiary/aromatic N) is 2. The Labute approximate surface area is 139 Å². The third-order valence-electron chi connectivity index (χ3n) is 4.06. The van der Waals surface area contributed by atoms with Gasteiger partial charge in [-0.25, -0.2) is 0 Å². The van der Waals surface area contributed by atoms with Gasteiger partial charge in [0, 0.05) is 24.0 Å². The average molecular weight is 329 g/mol. The number of aromatic nitrogens is 1.